The Labute approximate surface area is 108 Å². The summed E-state index contributed by atoms with van der Waals surface area (Å²) in [4.78, 5) is 7.13. The van der Waals surface area contributed by atoms with Crippen molar-refractivity contribution in [3.05, 3.63) is 53.6 Å². The zero-order valence-corrected chi connectivity index (χ0v) is 10.3. The Morgan fingerprint density at radius 1 is 1.26 bits per heavy atom. The van der Waals surface area contributed by atoms with Crippen molar-refractivity contribution in [3.63, 3.8) is 0 Å². The molecule has 0 bridgehead atoms. The van der Waals surface area contributed by atoms with E-state index in [0.29, 0.717) is 6.42 Å². The molecule has 0 saturated heterocycles. The normalized spacial score (nSPS) is 13.5. The minimum atomic E-state index is -4.29. The molecule has 1 unspecified atom stereocenters. The predicted octanol–water partition coefficient (Wildman–Crippen LogP) is 2.93. The first-order valence-corrected chi connectivity index (χ1v) is 5.83. The second kappa shape index (κ2) is 5.44. The van der Waals surface area contributed by atoms with Crippen molar-refractivity contribution in [2.75, 3.05) is 7.05 Å². The summed E-state index contributed by atoms with van der Waals surface area (Å²) >= 11 is 0. The van der Waals surface area contributed by atoms with Crippen LogP contribution in [-0.2, 0) is 12.6 Å². The number of halogens is 3. The lowest BCUT2D eigenvalue weighted by Crippen LogP contribution is -2.20. The van der Waals surface area contributed by atoms with E-state index >= 15 is 0 Å². The van der Waals surface area contributed by atoms with Gasteiger partial charge in [-0.3, -0.25) is 0 Å². The van der Waals surface area contributed by atoms with Gasteiger partial charge >= 0.3 is 6.18 Å². The van der Waals surface area contributed by atoms with Crippen LogP contribution in [0.2, 0.25) is 0 Å². The Kier molecular flexibility index (Phi) is 3.90. The van der Waals surface area contributed by atoms with Gasteiger partial charge < -0.3 is 10.3 Å². The quantitative estimate of drug-likeness (QED) is 0.896. The molecule has 0 spiro atoms. The molecule has 0 amide bonds. The second-order valence-corrected chi connectivity index (χ2v) is 4.21. The molecule has 0 aliphatic carbocycles. The van der Waals surface area contributed by atoms with Gasteiger partial charge in [-0.15, -0.1) is 0 Å². The van der Waals surface area contributed by atoms with E-state index in [0.717, 1.165) is 23.5 Å². The summed E-state index contributed by atoms with van der Waals surface area (Å²) in [5.74, 6) is 0.766. The highest BCUT2D eigenvalue weighted by Gasteiger charge is 2.30. The molecule has 2 rings (SSSR count). The fourth-order valence-electron chi connectivity index (χ4n) is 1.87. The van der Waals surface area contributed by atoms with Gasteiger partial charge in [0.1, 0.15) is 5.82 Å². The topological polar surface area (TPSA) is 40.7 Å². The molecular weight excluding hydrogens is 255 g/mol. The highest BCUT2D eigenvalue weighted by Crippen LogP contribution is 2.29. The Bertz CT molecular complexity index is 503. The van der Waals surface area contributed by atoms with Crippen LogP contribution in [0.15, 0.2) is 36.7 Å². The first-order chi connectivity index (χ1) is 9.00. The van der Waals surface area contributed by atoms with Gasteiger partial charge in [0, 0.05) is 12.4 Å². The van der Waals surface area contributed by atoms with Crippen molar-refractivity contribution in [3.8, 4) is 0 Å². The van der Waals surface area contributed by atoms with Crippen LogP contribution in [0.25, 0.3) is 0 Å². The van der Waals surface area contributed by atoms with E-state index < -0.39 is 11.7 Å². The van der Waals surface area contributed by atoms with E-state index in [1.54, 1.807) is 19.4 Å². The molecule has 0 radical (unpaired) electrons. The van der Waals surface area contributed by atoms with Gasteiger partial charge in [-0.1, -0.05) is 12.1 Å². The first-order valence-electron chi connectivity index (χ1n) is 5.83. The third kappa shape index (κ3) is 3.35. The Morgan fingerprint density at radius 2 is 1.95 bits per heavy atom. The van der Waals surface area contributed by atoms with Crippen molar-refractivity contribution in [2.24, 2.45) is 0 Å². The largest absolute Gasteiger partial charge is 0.416 e. The summed E-state index contributed by atoms with van der Waals surface area (Å²) < 4.78 is 37.3. The fraction of sp³-hybridized carbons (Fsp3) is 0.308. The van der Waals surface area contributed by atoms with Gasteiger partial charge in [0.15, 0.2) is 0 Å². The molecule has 0 fully saturated rings. The molecule has 1 atom stereocenters. The second-order valence-electron chi connectivity index (χ2n) is 4.21. The molecule has 6 heteroatoms. The van der Waals surface area contributed by atoms with Gasteiger partial charge in [-0.05, 0) is 31.2 Å². The van der Waals surface area contributed by atoms with Gasteiger partial charge in [0.05, 0.1) is 11.6 Å². The molecular formula is C13H14F3N3. The zero-order chi connectivity index (χ0) is 13.9. The SMILES string of the molecule is CNC(Cc1ccc(C(F)(F)F)cc1)c1ncc[nH]1. The Balaban J connectivity index is 2.11. The zero-order valence-electron chi connectivity index (χ0n) is 10.3. The van der Waals surface area contributed by atoms with Crippen molar-refractivity contribution in [1.29, 1.82) is 0 Å². The summed E-state index contributed by atoms with van der Waals surface area (Å²) in [6.45, 7) is 0. The maximum absolute atomic E-state index is 12.4. The average Bonchev–Trinajstić information content (AvgIpc) is 2.89. The monoisotopic (exact) mass is 269 g/mol. The molecule has 1 heterocycles. The Morgan fingerprint density at radius 3 is 2.42 bits per heavy atom. The molecule has 0 aliphatic rings. The third-order valence-corrected chi connectivity index (χ3v) is 2.92. The van der Waals surface area contributed by atoms with Crippen molar-refractivity contribution in [2.45, 2.75) is 18.6 Å². The molecule has 1 aromatic carbocycles. The lowest BCUT2D eigenvalue weighted by atomic mass is 10.0. The summed E-state index contributed by atoms with van der Waals surface area (Å²) in [5.41, 5.74) is 0.194. The van der Waals surface area contributed by atoms with E-state index in [-0.39, 0.29) is 6.04 Å². The number of nitrogens with one attached hydrogen (secondary N) is 2. The maximum atomic E-state index is 12.4. The number of rotatable bonds is 4. The number of nitrogens with zero attached hydrogens (tertiary/aromatic N) is 1. The molecule has 1 aromatic heterocycles. The first kappa shape index (κ1) is 13.6. The van der Waals surface area contributed by atoms with Crippen LogP contribution in [-0.4, -0.2) is 17.0 Å². The number of hydrogen-bond acceptors (Lipinski definition) is 2. The summed E-state index contributed by atoms with van der Waals surface area (Å²) in [6, 6.07) is 5.15. The lowest BCUT2D eigenvalue weighted by Gasteiger charge is -2.14. The molecule has 0 saturated carbocycles. The lowest BCUT2D eigenvalue weighted by molar-refractivity contribution is -0.137. The van der Waals surface area contributed by atoms with Crippen LogP contribution in [0, 0.1) is 0 Å². The van der Waals surface area contributed by atoms with Crippen molar-refractivity contribution < 1.29 is 13.2 Å². The maximum Gasteiger partial charge on any atom is 0.416 e. The summed E-state index contributed by atoms with van der Waals surface area (Å²) in [5, 5.41) is 3.08. The Hall–Kier alpha value is -1.82. The highest BCUT2D eigenvalue weighted by atomic mass is 19.4. The number of likely N-dealkylation sites (N-methyl/N-ethyl adjacent to an activating group) is 1. The minimum absolute atomic E-state index is 0.0493. The summed E-state index contributed by atoms with van der Waals surface area (Å²) in [7, 11) is 1.79. The molecule has 102 valence electrons. The predicted molar refractivity (Wildman–Crippen MR) is 65.5 cm³/mol. The van der Waals surface area contributed by atoms with Gasteiger partial charge in [0.25, 0.3) is 0 Å². The number of H-pyrrole nitrogens is 1. The van der Waals surface area contributed by atoms with E-state index in [1.165, 1.54) is 12.1 Å². The molecule has 0 aliphatic heterocycles. The van der Waals surface area contributed by atoms with Crippen molar-refractivity contribution >= 4 is 0 Å². The van der Waals surface area contributed by atoms with Crippen LogP contribution in [0.4, 0.5) is 13.2 Å². The molecule has 2 N–H and O–H groups in total. The fourth-order valence-corrected chi connectivity index (χ4v) is 1.87. The van der Waals surface area contributed by atoms with Gasteiger partial charge in [-0.25, -0.2) is 4.98 Å². The average molecular weight is 269 g/mol. The van der Waals surface area contributed by atoms with Crippen molar-refractivity contribution in [1.82, 2.24) is 15.3 Å². The minimum Gasteiger partial charge on any atom is -0.347 e. The smallest absolute Gasteiger partial charge is 0.347 e. The van der Waals surface area contributed by atoms with Gasteiger partial charge in [0.2, 0.25) is 0 Å². The van der Waals surface area contributed by atoms with E-state index in [1.807, 2.05) is 0 Å². The molecule has 2 aromatic rings. The van der Waals surface area contributed by atoms with E-state index in [2.05, 4.69) is 15.3 Å². The summed E-state index contributed by atoms with van der Waals surface area (Å²) in [6.07, 6.45) is -0.358. The van der Waals surface area contributed by atoms with E-state index in [9.17, 15) is 13.2 Å². The van der Waals surface area contributed by atoms with Crippen LogP contribution >= 0.6 is 0 Å². The van der Waals surface area contributed by atoms with Gasteiger partial charge in [-0.2, -0.15) is 13.2 Å². The van der Waals surface area contributed by atoms with Crippen LogP contribution in [0.5, 0.6) is 0 Å². The number of aromatic amines is 1. The van der Waals surface area contributed by atoms with Crippen LogP contribution < -0.4 is 5.32 Å². The van der Waals surface area contributed by atoms with Crippen LogP contribution in [0.1, 0.15) is 23.0 Å². The molecule has 3 nitrogen and oxygen atoms in total. The van der Waals surface area contributed by atoms with Crippen LogP contribution in [0.3, 0.4) is 0 Å². The number of benzene rings is 1. The molecule has 19 heavy (non-hydrogen) atoms. The number of aromatic nitrogens is 2. The number of alkyl halides is 3. The highest BCUT2D eigenvalue weighted by molar-refractivity contribution is 5.25. The number of imidazole rings is 1. The number of hydrogen-bond donors (Lipinski definition) is 2. The van der Waals surface area contributed by atoms with E-state index in [4.69, 9.17) is 0 Å². The third-order valence-electron chi connectivity index (χ3n) is 2.92. The standard InChI is InChI=1S/C13H14F3N3/c1-17-11(12-18-6-7-19-12)8-9-2-4-10(5-3-9)13(14,15)16/h2-7,11,17H,8H2,1H3,(H,18,19).